The predicted molar refractivity (Wildman–Crippen MR) is 105 cm³/mol. The highest BCUT2D eigenvalue weighted by Crippen LogP contribution is 2.22. The molecule has 0 fully saturated rings. The zero-order valence-electron chi connectivity index (χ0n) is 14.6. The van der Waals surface area contributed by atoms with E-state index < -0.39 is 0 Å². The molecular formula is C20H19ClN4O. The van der Waals surface area contributed by atoms with Crippen LogP contribution in [0.25, 0.3) is 0 Å². The van der Waals surface area contributed by atoms with E-state index in [4.69, 9.17) is 11.6 Å². The van der Waals surface area contributed by atoms with Gasteiger partial charge in [-0.2, -0.15) is 0 Å². The molecule has 1 aromatic heterocycles. The normalized spacial score (nSPS) is 10.4. The molecule has 0 saturated heterocycles. The summed E-state index contributed by atoms with van der Waals surface area (Å²) in [6.07, 6.45) is 3.81. The average molecular weight is 367 g/mol. The third-order valence-electron chi connectivity index (χ3n) is 3.96. The Kier molecular flexibility index (Phi) is 5.49. The lowest BCUT2D eigenvalue weighted by Gasteiger charge is -2.12. The van der Waals surface area contributed by atoms with E-state index in [-0.39, 0.29) is 11.6 Å². The van der Waals surface area contributed by atoms with Crippen molar-refractivity contribution in [3.63, 3.8) is 0 Å². The van der Waals surface area contributed by atoms with Gasteiger partial charge < -0.3 is 10.6 Å². The summed E-state index contributed by atoms with van der Waals surface area (Å²) in [5.41, 5.74) is 4.00. The van der Waals surface area contributed by atoms with Crippen LogP contribution < -0.4 is 10.6 Å². The number of carbonyl (C=O) groups is 1. The number of aromatic nitrogens is 2. The number of benzene rings is 2. The molecule has 6 heteroatoms. The second-order valence-corrected chi connectivity index (χ2v) is 6.28. The number of hydrogen-bond acceptors (Lipinski definition) is 4. The fraction of sp³-hybridized carbons (Fsp3) is 0.150. The van der Waals surface area contributed by atoms with E-state index in [1.165, 1.54) is 12.4 Å². The minimum atomic E-state index is -0.282. The number of para-hydroxylation sites is 1. The van der Waals surface area contributed by atoms with Gasteiger partial charge in [0.05, 0.1) is 12.4 Å². The first-order valence-electron chi connectivity index (χ1n) is 8.31. The maximum Gasteiger partial charge on any atom is 0.275 e. The van der Waals surface area contributed by atoms with E-state index in [1.54, 1.807) is 12.1 Å². The van der Waals surface area contributed by atoms with E-state index in [2.05, 4.69) is 27.5 Å². The lowest BCUT2D eigenvalue weighted by Crippen LogP contribution is -2.16. The lowest BCUT2D eigenvalue weighted by molar-refractivity contribution is 0.102. The Morgan fingerprint density at radius 3 is 2.62 bits per heavy atom. The third kappa shape index (κ3) is 4.18. The molecule has 0 aliphatic carbocycles. The molecule has 1 amide bonds. The molecule has 0 radical (unpaired) electrons. The quantitative estimate of drug-likeness (QED) is 0.667. The smallest absolute Gasteiger partial charge is 0.275 e. The first kappa shape index (κ1) is 17.9. The van der Waals surface area contributed by atoms with Gasteiger partial charge in [0.1, 0.15) is 11.5 Å². The molecule has 0 aliphatic rings. The van der Waals surface area contributed by atoms with Crippen molar-refractivity contribution in [2.24, 2.45) is 0 Å². The van der Waals surface area contributed by atoms with Crippen molar-refractivity contribution in [3.8, 4) is 0 Å². The summed E-state index contributed by atoms with van der Waals surface area (Å²) in [5, 5.41) is 6.67. The summed E-state index contributed by atoms with van der Waals surface area (Å²) in [6, 6.07) is 13.3. The minimum absolute atomic E-state index is 0.256. The van der Waals surface area contributed by atoms with E-state index in [9.17, 15) is 4.79 Å². The average Bonchev–Trinajstić information content (AvgIpc) is 2.64. The van der Waals surface area contributed by atoms with E-state index in [0.29, 0.717) is 10.8 Å². The number of hydrogen-bond donors (Lipinski definition) is 2. The highest BCUT2D eigenvalue weighted by atomic mass is 35.5. The van der Waals surface area contributed by atoms with Crippen LogP contribution in [0.15, 0.2) is 54.9 Å². The molecule has 2 aromatic carbocycles. The monoisotopic (exact) mass is 366 g/mol. The maximum absolute atomic E-state index is 12.5. The molecule has 0 spiro atoms. The van der Waals surface area contributed by atoms with Gasteiger partial charge in [0.2, 0.25) is 0 Å². The molecule has 132 valence electrons. The molecule has 26 heavy (non-hydrogen) atoms. The summed E-state index contributed by atoms with van der Waals surface area (Å²) in [6.45, 7) is 4.03. The summed E-state index contributed by atoms with van der Waals surface area (Å²) in [4.78, 5) is 21.0. The Morgan fingerprint density at radius 2 is 1.92 bits per heavy atom. The zero-order chi connectivity index (χ0) is 18.5. The Labute approximate surface area is 157 Å². The Balaban J connectivity index is 1.73. The number of nitrogens with one attached hydrogen (secondary N) is 2. The van der Waals surface area contributed by atoms with Crippen LogP contribution >= 0.6 is 11.6 Å². The summed E-state index contributed by atoms with van der Waals surface area (Å²) >= 11 is 5.96. The number of anilines is 3. The van der Waals surface area contributed by atoms with Crippen molar-refractivity contribution in [1.82, 2.24) is 9.97 Å². The molecule has 0 aliphatic heterocycles. The molecule has 2 N–H and O–H groups in total. The number of rotatable bonds is 5. The fourth-order valence-electron chi connectivity index (χ4n) is 2.60. The van der Waals surface area contributed by atoms with E-state index in [1.807, 2.05) is 37.3 Å². The van der Waals surface area contributed by atoms with Crippen molar-refractivity contribution < 1.29 is 4.79 Å². The third-order valence-corrected chi connectivity index (χ3v) is 4.20. The number of carbonyl (C=O) groups excluding carboxylic acids is 1. The Bertz CT molecular complexity index is 925. The molecule has 3 aromatic rings. The van der Waals surface area contributed by atoms with Gasteiger partial charge in [-0.3, -0.25) is 4.79 Å². The summed E-state index contributed by atoms with van der Waals surface area (Å²) in [7, 11) is 0. The van der Waals surface area contributed by atoms with Crippen molar-refractivity contribution in [2.45, 2.75) is 20.3 Å². The predicted octanol–water partition coefficient (Wildman–Crippen LogP) is 5.00. The van der Waals surface area contributed by atoms with Crippen LogP contribution in [0.3, 0.4) is 0 Å². The van der Waals surface area contributed by atoms with Gasteiger partial charge >= 0.3 is 0 Å². The van der Waals surface area contributed by atoms with Crippen molar-refractivity contribution in [3.05, 3.63) is 76.7 Å². The SMILES string of the molecule is CCc1cccc(C)c1NC(=O)c1cnc(Nc2cccc(Cl)c2)cn1. The molecule has 0 unspecified atom stereocenters. The van der Waals surface area contributed by atoms with Gasteiger partial charge in [-0.25, -0.2) is 9.97 Å². The molecule has 0 bridgehead atoms. The highest BCUT2D eigenvalue weighted by Gasteiger charge is 2.12. The molecule has 3 rings (SSSR count). The van der Waals surface area contributed by atoms with E-state index in [0.717, 1.165) is 28.9 Å². The Morgan fingerprint density at radius 1 is 1.12 bits per heavy atom. The van der Waals surface area contributed by atoms with Gasteiger partial charge in [-0.15, -0.1) is 0 Å². The zero-order valence-corrected chi connectivity index (χ0v) is 15.3. The van der Waals surface area contributed by atoms with Gasteiger partial charge in [0.25, 0.3) is 5.91 Å². The second-order valence-electron chi connectivity index (χ2n) is 5.84. The maximum atomic E-state index is 12.5. The second kappa shape index (κ2) is 7.97. The lowest BCUT2D eigenvalue weighted by atomic mass is 10.1. The molecule has 0 saturated carbocycles. The number of nitrogens with zero attached hydrogens (tertiary/aromatic N) is 2. The van der Waals surface area contributed by atoms with Crippen molar-refractivity contribution >= 4 is 34.7 Å². The van der Waals surface area contributed by atoms with Crippen LogP contribution in [0.5, 0.6) is 0 Å². The van der Waals surface area contributed by atoms with Crippen molar-refractivity contribution in [2.75, 3.05) is 10.6 Å². The topological polar surface area (TPSA) is 66.9 Å². The van der Waals surface area contributed by atoms with E-state index >= 15 is 0 Å². The standard InChI is InChI=1S/C20H19ClN4O/c1-3-14-7-4-6-13(2)19(14)25-20(26)17-11-23-18(12-22-17)24-16-9-5-8-15(21)10-16/h4-12H,3H2,1-2H3,(H,23,24)(H,25,26). The van der Waals surface area contributed by atoms with Gasteiger partial charge in [0.15, 0.2) is 0 Å². The molecule has 0 atom stereocenters. The molecule has 1 heterocycles. The molecular weight excluding hydrogens is 348 g/mol. The minimum Gasteiger partial charge on any atom is -0.339 e. The number of amides is 1. The van der Waals surface area contributed by atoms with Crippen LogP contribution in [0.1, 0.15) is 28.5 Å². The number of aryl methyl sites for hydroxylation is 2. The summed E-state index contributed by atoms with van der Waals surface area (Å²) < 4.78 is 0. The van der Waals surface area contributed by atoms with Crippen LogP contribution in [0.4, 0.5) is 17.2 Å². The van der Waals surface area contributed by atoms with Gasteiger partial charge in [-0.05, 0) is 42.7 Å². The van der Waals surface area contributed by atoms with Gasteiger partial charge in [0, 0.05) is 16.4 Å². The van der Waals surface area contributed by atoms with Crippen molar-refractivity contribution in [1.29, 1.82) is 0 Å². The first-order chi connectivity index (χ1) is 12.6. The van der Waals surface area contributed by atoms with Crippen LogP contribution in [0, 0.1) is 6.92 Å². The van der Waals surface area contributed by atoms with Gasteiger partial charge in [-0.1, -0.05) is 42.8 Å². The molecule has 5 nitrogen and oxygen atoms in total. The summed E-state index contributed by atoms with van der Waals surface area (Å²) in [5.74, 6) is 0.254. The highest BCUT2D eigenvalue weighted by molar-refractivity contribution is 6.30. The van der Waals surface area contributed by atoms with Crippen LogP contribution in [-0.2, 0) is 6.42 Å². The first-order valence-corrected chi connectivity index (χ1v) is 8.69. The Hall–Kier alpha value is -2.92. The van der Waals surface area contributed by atoms with Crippen LogP contribution in [0.2, 0.25) is 5.02 Å². The number of halogens is 1. The fourth-order valence-corrected chi connectivity index (χ4v) is 2.79. The largest absolute Gasteiger partial charge is 0.339 e. The van der Waals surface area contributed by atoms with Crippen LogP contribution in [-0.4, -0.2) is 15.9 Å².